The van der Waals surface area contributed by atoms with Crippen molar-refractivity contribution in [2.75, 3.05) is 5.32 Å². The summed E-state index contributed by atoms with van der Waals surface area (Å²) in [6.45, 7) is 0. The second kappa shape index (κ2) is 6.00. The lowest BCUT2D eigenvalue weighted by atomic mass is 9.84. The zero-order chi connectivity index (χ0) is 13.6. The maximum Gasteiger partial charge on any atom is 0.229 e. The highest BCUT2D eigenvalue weighted by molar-refractivity contribution is 9.10. The first-order chi connectivity index (χ1) is 9.06. The van der Waals surface area contributed by atoms with Gasteiger partial charge in [-0.1, -0.05) is 0 Å². The second-order valence-electron chi connectivity index (χ2n) is 5.55. The van der Waals surface area contributed by atoms with Crippen LogP contribution in [0.25, 0.3) is 0 Å². The SMILES string of the molecule is Cl.NC1C2CCC(C2)C1C(=O)Nc1ccc(Br)c(F)c1. The van der Waals surface area contributed by atoms with Crippen molar-refractivity contribution in [1.29, 1.82) is 0 Å². The van der Waals surface area contributed by atoms with E-state index >= 15 is 0 Å². The van der Waals surface area contributed by atoms with Crippen molar-refractivity contribution in [3.05, 3.63) is 28.5 Å². The number of carbonyl (C=O) groups is 1. The van der Waals surface area contributed by atoms with Gasteiger partial charge in [-0.2, -0.15) is 0 Å². The summed E-state index contributed by atoms with van der Waals surface area (Å²) < 4.78 is 13.8. The molecule has 0 saturated heterocycles. The van der Waals surface area contributed by atoms with Crippen LogP contribution in [0.3, 0.4) is 0 Å². The van der Waals surface area contributed by atoms with E-state index in [0.717, 1.165) is 19.3 Å². The molecule has 0 aromatic heterocycles. The third-order valence-corrected chi connectivity index (χ3v) is 5.11. The van der Waals surface area contributed by atoms with Gasteiger partial charge in [0.05, 0.1) is 10.4 Å². The highest BCUT2D eigenvalue weighted by atomic mass is 79.9. The quantitative estimate of drug-likeness (QED) is 0.847. The highest BCUT2D eigenvalue weighted by Crippen LogP contribution is 2.47. The predicted molar refractivity (Wildman–Crippen MR) is 82.3 cm³/mol. The Morgan fingerprint density at radius 1 is 1.35 bits per heavy atom. The molecular weight excluding hydrogens is 347 g/mol. The van der Waals surface area contributed by atoms with Crippen LogP contribution in [0.2, 0.25) is 0 Å². The molecule has 1 amide bonds. The van der Waals surface area contributed by atoms with Crippen LogP contribution < -0.4 is 11.1 Å². The van der Waals surface area contributed by atoms with E-state index < -0.39 is 0 Å². The molecule has 3 nitrogen and oxygen atoms in total. The van der Waals surface area contributed by atoms with Crippen LogP contribution in [0.15, 0.2) is 22.7 Å². The third kappa shape index (κ3) is 2.71. The summed E-state index contributed by atoms with van der Waals surface area (Å²) in [5, 5.41) is 2.79. The Kier molecular flexibility index (Phi) is 4.72. The number of nitrogens with two attached hydrogens (primary N) is 1. The Morgan fingerprint density at radius 2 is 2.05 bits per heavy atom. The molecule has 110 valence electrons. The number of benzene rings is 1. The van der Waals surface area contributed by atoms with Gasteiger partial charge in [0, 0.05) is 11.7 Å². The van der Waals surface area contributed by atoms with E-state index in [0.29, 0.717) is 22.0 Å². The molecule has 4 unspecified atom stereocenters. The summed E-state index contributed by atoms with van der Waals surface area (Å²) in [6, 6.07) is 4.55. The lowest BCUT2D eigenvalue weighted by Gasteiger charge is -2.27. The maximum atomic E-state index is 13.4. The Hall–Kier alpha value is -0.650. The Bertz CT molecular complexity index is 526. The number of halogens is 3. The molecule has 2 aliphatic carbocycles. The van der Waals surface area contributed by atoms with Gasteiger partial charge in [-0.3, -0.25) is 4.79 Å². The van der Waals surface area contributed by atoms with Gasteiger partial charge in [-0.25, -0.2) is 4.39 Å². The molecule has 0 heterocycles. The van der Waals surface area contributed by atoms with Crippen LogP contribution in [0.1, 0.15) is 19.3 Å². The Morgan fingerprint density at radius 3 is 2.65 bits per heavy atom. The fraction of sp³-hybridized carbons (Fsp3) is 0.500. The van der Waals surface area contributed by atoms with Gasteiger partial charge in [0.2, 0.25) is 5.91 Å². The lowest BCUT2D eigenvalue weighted by Crippen LogP contribution is -2.42. The van der Waals surface area contributed by atoms with Crippen LogP contribution in [-0.2, 0) is 4.79 Å². The monoisotopic (exact) mass is 362 g/mol. The first kappa shape index (κ1) is 15.7. The number of hydrogen-bond acceptors (Lipinski definition) is 2. The van der Waals surface area contributed by atoms with Crippen molar-refractivity contribution >= 4 is 39.9 Å². The molecule has 2 fully saturated rings. The Balaban J connectivity index is 0.00000147. The Labute approximate surface area is 132 Å². The van der Waals surface area contributed by atoms with Gasteiger partial charge in [-0.05, 0) is 65.2 Å². The van der Waals surface area contributed by atoms with E-state index in [1.807, 2.05) is 0 Å². The number of amides is 1. The minimum atomic E-state index is -0.380. The molecule has 4 atom stereocenters. The molecule has 0 aliphatic heterocycles. The summed E-state index contributed by atoms with van der Waals surface area (Å²) >= 11 is 3.09. The summed E-state index contributed by atoms with van der Waals surface area (Å²) in [4.78, 5) is 12.3. The molecule has 0 radical (unpaired) electrons. The largest absolute Gasteiger partial charge is 0.327 e. The molecule has 0 spiro atoms. The minimum Gasteiger partial charge on any atom is -0.327 e. The molecule has 2 saturated carbocycles. The van der Waals surface area contributed by atoms with E-state index in [9.17, 15) is 9.18 Å². The molecular formula is C14H17BrClFN2O. The summed E-state index contributed by atoms with van der Waals surface area (Å²) in [5.74, 6) is 0.324. The topological polar surface area (TPSA) is 55.1 Å². The average molecular weight is 364 g/mol. The van der Waals surface area contributed by atoms with Gasteiger partial charge in [0.25, 0.3) is 0 Å². The van der Waals surface area contributed by atoms with Crippen LogP contribution >= 0.6 is 28.3 Å². The number of carbonyl (C=O) groups excluding carboxylic acids is 1. The number of anilines is 1. The van der Waals surface area contributed by atoms with Crippen LogP contribution in [0.4, 0.5) is 10.1 Å². The second-order valence-corrected chi connectivity index (χ2v) is 6.41. The van der Waals surface area contributed by atoms with Crippen molar-refractivity contribution in [3.63, 3.8) is 0 Å². The molecule has 6 heteroatoms. The molecule has 3 rings (SSSR count). The van der Waals surface area contributed by atoms with Gasteiger partial charge >= 0.3 is 0 Å². The molecule has 3 N–H and O–H groups in total. The standard InChI is InChI=1S/C14H16BrFN2O.ClH/c15-10-4-3-9(6-11(10)16)18-14(19)12-7-1-2-8(5-7)13(12)17;/h3-4,6-8,12-13H,1-2,5,17H2,(H,18,19);1H. The van der Waals surface area contributed by atoms with Crippen molar-refractivity contribution in [3.8, 4) is 0 Å². The van der Waals surface area contributed by atoms with E-state index in [4.69, 9.17) is 5.73 Å². The van der Waals surface area contributed by atoms with Crippen molar-refractivity contribution in [2.24, 2.45) is 23.5 Å². The van der Waals surface area contributed by atoms with E-state index in [-0.39, 0.29) is 36.1 Å². The van der Waals surface area contributed by atoms with Crippen LogP contribution in [0.5, 0.6) is 0 Å². The van der Waals surface area contributed by atoms with Gasteiger partial charge in [0.1, 0.15) is 5.82 Å². The van der Waals surface area contributed by atoms with E-state index in [1.165, 1.54) is 6.07 Å². The van der Waals surface area contributed by atoms with Gasteiger partial charge in [-0.15, -0.1) is 12.4 Å². The number of rotatable bonds is 2. The molecule has 1 aromatic carbocycles. The average Bonchev–Trinajstić information content (AvgIpc) is 2.94. The summed E-state index contributed by atoms with van der Waals surface area (Å²) in [5.41, 5.74) is 6.62. The number of nitrogens with one attached hydrogen (secondary N) is 1. The molecule has 2 bridgehead atoms. The fourth-order valence-electron chi connectivity index (χ4n) is 3.52. The predicted octanol–water partition coefficient (Wildman–Crippen LogP) is 3.32. The lowest BCUT2D eigenvalue weighted by molar-refractivity contribution is -0.121. The first-order valence-electron chi connectivity index (χ1n) is 6.58. The zero-order valence-corrected chi connectivity index (χ0v) is 13.2. The molecule has 2 aliphatic rings. The number of hydrogen-bond donors (Lipinski definition) is 2. The van der Waals surface area contributed by atoms with Gasteiger partial charge in [0.15, 0.2) is 0 Å². The van der Waals surface area contributed by atoms with E-state index in [2.05, 4.69) is 21.2 Å². The van der Waals surface area contributed by atoms with Crippen molar-refractivity contribution in [1.82, 2.24) is 0 Å². The number of fused-ring (bicyclic) bond motifs is 2. The maximum absolute atomic E-state index is 13.4. The zero-order valence-electron chi connectivity index (χ0n) is 10.8. The highest BCUT2D eigenvalue weighted by Gasteiger charge is 2.49. The van der Waals surface area contributed by atoms with E-state index in [1.54, 1.807) is 12.1 Å². The normalized spacial score (nSPS) is 30.9. The van der Waals surface area contributed by atoms with Crippen LogP contribution in [-0.4, -0.2) is 11.9 Å². The molecule has 1 aromatic rings. The minimum absolute atomic E-state index is 0. The fourth-order valence-corrected chi connectivity index (χ4v) is 3.77. The van der Waals surface area contributed by atoms with Gasteiger partial charge < -0.3 is 11.1 Å². The van der Waals surface area contributed by atoms with Crippen molar-refractivity contribution in [2.45, 2.75) is 25.3 Å². The first-order valence-corrected chi connectivity index (χ1v) is 7.37. The third-order valence-electron chi connectivity index (χ3n) is 4.47. The van der Waals surface area contributed by atoms with Crippen molar-refractivity contribution < 1.29 is 9.18 Å². The summed E-state index contributed by atoms with van der Waals surface area (Å²) in [6.07, 6.45) is 3.29. The van der Waals surface area contributed by atoms with Crippen LogP contribution in [0, 0.1) is 23.6 Å². The molecule has 20 heavy (non-hydrogen) atoms. The summed E-state index contributed by atoms with van der Waals surface area (Å²) in [7, 11) is 0. The smallest absolute Gasteiger partial charge is 0.229 e.